The third kappa shape index (κ3) is 12.0. The molecule has 13 N–H and O–H groups in total. The molecule has 1 aromatic heterocycles. The predicted octanol–water partition coefficient (Wildman–Crippen LogP) is -4.23. The third-order valence-corrected chi connectivity index (χ3v) is 4.65. The Balaban J connectivity index is 2.65. The Hall–Kier alpha value is -4.21. The summed E-state index contributed by atoms with van der Waals surface area (Å²) in [6.45, 7) is -0.213. The Morgan fingerprint density at radius 2 is 1.77 bits per heavy atom. The van der Waals surface area contributed by atoms with Crippen LogP contribution in [0.3, 0.4) is 0 Å². The van der Waals surface area contributed by atoms with Gasteiger partial charge in [-0.1, -0.05) is 0 Å². The zero-order valence-corrected chi connectivity index (χ0v) is 19.0. The van der Waals surface area contributed by atoms with Gasteiger partial charge in [-0.25, -0.2) is 9.78 Å². The van der Waals surface area contributed by atoms with Crippen molar-refractivity contribution in [3.05, 3.63) is 18.2 Å². The van der Waals surface area contributed by atoms with Crippen molar-refractivity contribution >= 4 is 35.6 Å². The lowest BCUT2D eigenvalue weighted by molar-refractivity contribution is -0.142. The van der Waals surface area contributed by atoms with E-state index >= 15 is 0 Å². The summed E-state index contributed by atoms with van der Waals surface area (Å²) >= 11 is 0. The number of aromatic nitrogens is 2. The van der Waals surface area contributed by atoms with E-state index in [0.29, 0.717) is 12.1 Å². The van der Waals surface area contributed by atoms with Crippen LogP contribution in [0, 0.1) is 0 Å². The third-order valence-electron chi connectivity index (χ3n) is 4.65. The molecule has 4 amide bonds. The fourth-order valence-corrected chi connectivity index (χ4v) is 2.84. The zero-order chi connectivity index (χ0) is 26.4. The first kappa shape index (κ1) is 28.8. The molecule has 0 bridgehead atoms. The summed E-state index contributed by atoms with van der Waals surface area (Å²) in [7, 11) is 0. The Bertz CT molecular complexity index is 900. The van der Waals surface area contributed by atoms with Gasteiger partial charge in [-0.3, -0.25) is 24.2 Å². The van der Waals surface area contributed by atoms with Crippen molar-refractivity contribution in [2.24, 2.45) is 27.9 Å². The number of carbonyl (C=O) groups excluding carboxylic acids is 4. The Morgan fingerprint density at radius 1 is 1.06 bits per heavy atom. The van der Waals surface area contributed by atoms with Crippen molar-refractivity contribution in [2.45, 2.75) is 50.2 Å². The molecule has 16 heteroatoms. The van der Waals surface area contributed by atoms with E-state index in [4.69, 9.17) is 22.9 Å². The highest BCUT2D eigenvalue weighted by molar-refractivity contribution is 5.92. The van der Waals surface area contributed by atoms with Gasteiger partial charge in [0.1, 0.15) is 12.1 Å². The summed E-state index contributed by atoms with van der Waals surface area (Å²) in [6, 6.07) is -3.51. The number of carboxylic acid groups (broad SMARTS) is 1. The topological polar surface area (TPSA) is 287 Å². The number of hydrogen-bond donors (Lipinski definition) is 9. The highest BCUT2D eigenvalue weighted by Crippen LogP contribution is 2.03. The number of carboxylic acids is 1. The lowest BCUT2D eigenvalue weighted by Crippen LogP contribution is -2.54. The van der Waals surface area contributed by atoms with E-state index in [0.717, 1.165) is 0 Å². The molecule has 0 saturated heterocycles. The zero-order valence-electron chi connectivity index (χ0n) is 19.0. The van der Waals surface area contributed by atoms with Crippen molar-refractivity contribution in [2.75, 3.05) is 13.1 Å². The van der Waals surface area contributed by atoms with Gasteiger partial charge in [0.2, 0.25) is 23.6 Å². The predicted molar refractivity (Wildman–Crippen MR) is 123 cm³/mol. The summed E-state index contributed by atoms with van der Waals surface area (Å²) in [4.78, 5) is 70.0. The van der Waals surface area contributed by atoms with E-state index in [2.05, 4.69) is 30.9 Å². The van der Waals surface area contributed by atoms with Gasteiger partial charge < -0.3 is 49.0 Å². The number of aromatic amines is 1. The number of nitrogens with two attached hydrogens (primary N) is 4. The number of rotatable bonds is 16. The summed E-state index contributed by atoms with van der Waals surface area (Å²) < 4.78 is 0. The number of imidazole rings is 1. The number of aliphatic carboxylic acids is 1. The summed E-state index contributed by atoms with van der Waals surface area (Å²) in [5.41, 5.74) is 21.8. The molecule has 0 aliphatic carbocycles. The van der Waals surface area contributed by atoms with E-state index in [1.807, 2.05) is 0 Å². The molecular weight excluding hydrogens is 464 g/mol. The first-order valence-corrected chi connectivity index (χ1v) is 10.7. The van der Waals surface area contributed by atoms with Crippen LogP contribution in [0.15, 0.2) is 17.5 Å². The molecule has 0 aromatic carbocycles. The number of H-pyrrole nitrogens is 1. The Labute approximate surface area is 200 Å². The molecule has 0 spiro atoms. The molecular formula is C19H32N10O6. The number of amides is 4. The molecule has 194 valence electrons. The second kappa shape index (κ2) is 14.8. The van der Waals surface area contributed by atoms with E-state index in [-0.39, 0.29) is 38.2 Å². The van der Waals surface area contributed by atoms with Crippen molar-refractivity contribution in [1.29, 1.82) is 0 Å². The van der Waals surface area contributed by atoms with Crippen LogP contribution in [0.1, 0.15) is 31.4 Å². The van der Waals surface area contributed by atoms with Crippen LogP contribution < -0.4 is 38.9 Å². The van der Waals surface area contributed by atoms with Crippen LogP contribution in [0.2, 0.25) is 0 Å². The van der Waals surface area contributed by atoms with Gasteiger partial charge in [0.15, 0.2) is 5.96 Å². The molecule has 3 atom stereocenters. The maximum atomic E-state index is 12.7. The molecule has 1 heterocycles. The van der Waals surface area contributed by atoms with Crippen LogP contribution in [-0.4, -0.2) is 81.8 Å². The van der Waals surface area contributed by atoms with E-state index in [1.165, 1.54) is 12.5 Å². The lowest BCUT2D eigenvalue weighted by Gasteiger charge is -2.21. The van der Waals surface area contributed by atoms with Gasteiger partial charge >= 0.3 is 5.97 Å². The van der Waals surface area contributed by atoms with Crippen molar-refractivity contribution in [3.63, 3.8) is 0 Å². The van der Waals surface area contributed by atoms with Crippen molar-refractivity contribution in [3.8, 4) is 0 Å². The number of primary amides is 1. The van der Waals surface area contributed by atoms with E-state index < -0.39 is 54.3 Å². The largest absolute Gasteiger partial charge is 0.480 e. The second-order valence-electron chi connectivity index (χ2n) is 7.58. The highest BCUT2D eigenvalue weighted by atomic mass is 16.4. The summed E-state index contributed by atoms with van der Waals surface area (Å²) in [5.74, 6) is -4.30. The van der Waals surface area contributed by atoms with Crippen LogP contribution in [0.4, 0.5) is 0 Å². The lowest BCUT2D eigenvalue weighted by atomic mass is 10.1. The second-order valence-corrected chi connectivity index (χ2v) is 7.58. The molecule has 0 saturated carbocycles. The van der Waals surface area contributed by atoms with Gasteiger partial charge in [-0.15, -0.1) is 0 Å². The molecule has 1 aromatic rings. The summed E-state index contributed by atoms with van der Waals surface area (Å²) in [6.07, 6.45) is 2.96. The van der Waals surface area contributed by atoms with Crippen LogP contribution >= 0.6 is 0 Å². The van der Waals surface area contributed by atoms with Gasteiger partial charge in [0.25, 0.3) is 0 Å². The van der Waals surface area contributed by atoms with Crippen molar-refractivity contribution < 1.29 is 29.1 Å². The molecule has 0 aliphatic rings. The number of carbonyl (C=O) groups is 5. The van der Waals surface area contributed by atoms with E-state index in [1.54, 1.807) is 0 Å². The fraction of sp³-hybridized carbons (Fsp3) is 0.526. The Morgan fingerprint density at radius 3 is 2.34 bits per heavy atom. The van der Waals surface area contributed by atoms with Gasteiger partial charge in [0, 0.05) is 31.3 Å². The van der Waals surface area contributed by atoms with Gasteiger partial charge in [-0.2, -0.15) is 0 Å². The average Bonchev–Trinajstić information content (AvgIpc) is 3.29. The molecule has 0 fully saturated rings. The number of aliphatic imine (C=N–C) groups is 1. The molecule has 3 unspecified atom stereocenters. The maximum Gasteiger partial charge on any atom is 0.326 e. The molecule has 1 rings (SSSR count). The number of nitrogens with one attached hydrogen (secondary N) is 4. The first-order chi connectivity index (χ1) is 16.5. The standard InChI is InChI=1S/C19H32N10O6/c20-11(2-1-5-25-19(22)23)16(32)26-8-15(31)28-12(3-4-14(21)30)17(33)29-13(18(34)35)6-10-7-24-9-27-10/h7,9,11-13H,1-6,8,20H2,(H2,21,30)(H,24,27)(H,26,32)(H,28,31)(H,29,33)(H,34,35)(H4,22,23,25). The van der Waals surface area contributed by atoms with Crippen LogP contribution in [0.5, 0.6) is 0 Å². The van der Waals surface area contributed by atoms with Crippen molar-refractivity contribution in [1.82, 2.24) is 25.9 Å². The van der Waals surface area contributed by atoms with Gasteiger partial charge in [-0.05, 0) is 19.3 Å². The molecule has 35 heavy (non-hydrogen) atoms. The number of guanidine groups is 1. The molecule has 0 radical (unpaired) electrons. The maximum absolute atomic E-state index is 12.7. The van der Waals surface area contributed by atoms with Crippen LogP contribution in [-0.2, 0) is 30.4 Å². The summed E-state index contributed by atoms with van der Waals surface area (Å²) in [5, 5.41) is 16.4. The smallest absolute Gasteiger partial charge is 0.326 e. The Kier molecular flexibility index (Phi) is 12.2. The number of nitrogens with zero attached hydrogens (tertiary/aromatic N) is 2. The van der Waals surface area contributed by atoms with Gasteiger partial charge in [0.05, 0.1) is 18.9 Å². The monoisotopic (exact) mass is 496 g/mol. The minimum absolute atomic E-state index is 0.0781. The van der Waals surface area contributed by atoms with Crippen LogP contribution in [0.25, 0.3) is 0 Å². The van der Waals surface area contributed by atoms with E-state index in [9.17, 15) is 29.1 Å². The average molecular weight is 497 g/mol. The highest BCUT2D eigenvalue weighted by Gasteiger charge is 2.27. The first-order valence-electron chi connectivity index (χ1n) is 10.7. The normalized spacial score (nSPS) is 13.1. The minimum Gasteiger partial charge on any atom is -0.480 e. The molecule has 16 nitrogen and oxygen atoms in total. The molecule has 0 aliphatic heterocycles. The number of hydrogen-bond acceptors (Lipinski definition) is 8. The quantitative estimate of drug-likeness (QED) is 0.0603. The SMILES string of the molecule is NC(=O)CCC(NC(=O)CNC(=O)C(N)CCCN=C(N)N)C(=O)NC(Cc1cnc[nH]1)C(=O)O. The minimum atomic E-state index is -1.33. The fourth-order valence-electron chi connectivity index (χ4n) is 2.84.